The molecule has 0 amide bonds. The number of aromatic nitrogens is 1. The van der Waals surface area contributed by atoms with E-state index in [1.165, 1.54) is 0 Å². The molecule has 4 heterocycles. The summed E-state index contributed by atoms with van der Waals surface area (Å²) in [6.07, 6.45) is 5.36. The van der Waals surface area contributed by atoms with Crippen LogP contribution in [0.1, 0.15) is 46.8 Å². The number of hydrogen-bond donors (Lipinski definition) is 2. The fourth-order valence-corrected chi connectivity index (χ4v) is 5.16. The molecule has 0 spiro atoms. The first-order valence-electron chi connectivity index (χ1n) is 12.5. The van der Waals surface area contributed by atoms with E-state index in [1.807, 2.05) is 36.4 Å². The third-order valence-electron chi connectivity index (χ3n) is 7.02. The van der Waals surface area contributed by atoms with E-state index < -0.39 is 5.97 Å². The van der Waals surface area contributed by atoms with Crippen LogP contribution in [0, 0.1) is 0 Å². The van der Waals surface area contributed by atoms with Crippen molar-refractivity contribution >= 4 is 22.6 Å². The summed E-state index contributed by atoms with van der Waals surface area (Å²) in [4.78, 5) is 16.5. The maximum atomic E-state index is 11.7. The van der Waals surface area contributed by atoms with E-state index in [0.29, 0.717) is 24.5 Å². The number of aryl methyl sites for hydroxylation is 1. The molecule has 2 aliphatic heterocycles. The number of fused-ring (bicyclic) bond motifs is 3. The molecular weight excluding hydrogens is 456 g/mol. The van der Waals surface area contributed by atoms with E-state index in [-0.39, 0.29) is 12.3 Å². The lowest BCUT2D eigenvalue weighted by atomic mass is 9.87. The van der Waals surface area contributed by atoms with Crippen molar-refractivity contribution in [3.63, 3.8) is 0 Å². The Morgan fingerprint density at radius 2 is 2.08 bits per heavy atom. The Morgan fingerprint density at radius 3 is 3.00 bits per heavy atom. The van der Waals surface area contributed by atoms with E-state index >= 15 is 0 Å². The van der Waals surface area contributed by atoms with E-state index in [2.05, 4.69) is 17.4 Å². The second kappa shape index (κ2) is 9.57. The monoisotopic (exact) mass is 484 g/mol. The molecule has 2 aromatic carbocycles. The maximum absolute atomic E-state index is 11.7. The smallest absolute Gasteiger partial charge is 0.304 e. The number of furan rings is 1. The van der Waals surface area contributed by atoms with Gasteiger partial charge in [-0.05, 0) is 54.3 Å². The van der Waals surface area contributed by atoms with Gasteiger partial charge in [-0.1, -0.05) is 12.1 Å². The largest absolute Gasteiger partial charge is 0.493 e. The van der Waals surface area contributed by atoms with Gasteiger partial charge in [0.25, 0.3) is 0 Å². The van der Waals surface area contributed by atoms with Gasteiger partial charge in [-0.3, -0.25) is 9.78 Å². The molecule has 6 rings (SSSR count). The van der Waals surface area contributed by atoms with Gasteiger partial charge in [0, 0.05) is 48.0 Å². The van der Waals surface area contributed by atoms with Crippen molar-refractivity contribution in [3.05, 3.63) is 82.9 Å². The van der Waals surface area contributed by atoms with E-state index in [1.54, 1.807) is 6.26 Å². The molecule has 7 heteroatoms. The number of hydrogen-bond acceptors (Lipinski definition) is 6. The van der Waals surface area contributed by atoms with Crippen molar-refractivity contribution in [3.8, 4) is 11.5 Å². The van der Waals surface area contributed by atoms with Gasteiger partial charge in [-0.2, -0.15) is 0 Å². The molecule has 0 saturated heterocycles. The molecule has 0 radical (unpaired) electrons. The van der Waals surface area contributed by atoms with Crippen LogP contribution in [-0.2, 0) is 24.1 Å². The van der Waals surface area contributed by atoms with Gasteiger partial charge in [-0.25, -0.2) is 0 Å². The molecular formula is C29H28N2O5. The first-order chi connectivity index (χ1) is 17.6. The van der Waals surface area contributed by atoms with Gasteiger partial charge in [-0.15, -0.1) is 0 Å². The van der Waals surface area contributed by atoms with Crippen LogP contribution in [0.2, 0.25) is 0 Å². The van der Waals surface area contributed by atoms with Crippen LogP contribution in [0.25, 0.3) is 11.0 Å². The SMILES string of the molecule is O=C(O)CC(c1ccc2c(c1)OCC2)c1coc2cc(OCCc3ccc4c(n3)CCCN4)ccc12. The third kappa shape index (κ3) is 4.49. The minimum atomic E-state index is -0.859. The first-order valence-corrected chi connectivity index (χ1v) is 12.5. The van der Waals surface area contributed by atoms with Crippen molar-refractivity contribution in [2.75, 3.05) is 25.1 Å². The highest BCUT2D eigenvalue weighted by atomic mass is 16.5. The molecule has 2 aromatic heterocycles. The summed E-state index contributed by atoms with van der Waals surface area (Å²) in [5.74, 6) is 0.358. The topological polar surface area (TPSA) is 93.8 Å². The maximum Gasteiger partial charge on any atom is 0.304 e. The van der Waals surface area contributed by atoms with Crippen LogP contribution in [0.3, 0.4) is 0 Å². The highest BCUT2D eigenvalue weighted by Gasteiger charge is 2.24. The average Bonchev–Trinajstić information content (AvgIpc) is 3.53. The highest BCUT2D eigenvalue weighted by Crippen LogP contribution is 2.38. The Bertz CT molecular complexity index is 1430. The predicted octanol–water partition coefficient (Wildman–Crippen LogP) is 5.35. The zero-order valence-corrected chi connectivity index (χ0v) is 20.0. The van der Waals surface area contributed by atoms with E-state index in [9.17, 15) is 9.90 Å². The number of carboxylic acids is 1. The van der Waals surface area contributed by atoms with Crippen LogP contribution >= 0.6 is 0 Å². The fourth-order valence-electron chi connectivity index (χ4n) is 5.16. The number of rotatable bonds is 8. The van der Waals surface area contributed by atoms with Crippen molar-refractivity contribution in [1.29, 1.82) is 0 Å². The molecule has 0 saturated carbocycles. The van der Waals surface area contributed by atoms with Gasteiger partial charge < -0.3 is 24.3 Å². The molecule has 1 unspecified atom stereocenters. The van der Waals surface area contributed by atoms with Gasteiger partial charge in [0.05, 0.1) is 37.3 Å². The van der Waals surface area contributed by atoms with Crippen LogP contribution in [-0.4, -0.2) is 35.8 Å². The summed E-state index contributed by atoms with van der Waals surface area (Å²) in [5.41, 5.74) is 6.89. The molecule has 184 valence electrons. The minimum Gasteiger partial charge on any atom is -0.493 e. The van der Waals surface area contributed by atoms with Gasteiger partial charge in [0.2, 0.25) is 0 Å². The molecule has 7 nitrogen and oxygen atoms in total. The first kappa shape index (κ1) is 22.5. The lowest BCUT2D eigenvalue weighted by molar-refractivity contribution is -0.137. The molecule has 36 heavy (non-hydrogen) atoms. The number of anilines is 1. The zero-order chi connectivity index (χ0) is 24.5. The third-order valence-corrected chi connectivity index (χ3v) is 7.02. The number of pyridine rings is 1. The Kier molecular flexibility index (Phi) is 5.97. The Balaban J connectivity index is 1.19. The van der Waals surface area contributed by atoms with Gasteiger partial charge in [0.15, 0.2) is 0 Å². The Labute approximate surface area is 209 Å². The molecule has 0 aliphatic carbocycles. The molecule has 2 N–H and O–H groups in total. The molecule has 0 bridgehead atoms. The van der Waals surface area contributed by atoms with Crippen LogP contribution in [0.15, 0.2) is 59.2 Å². The molecule has 0 fully saturated rings. The number of benzene rings is 2. The Hall–Kier alpha value is -4.00. The summed E-state index contributed by atoms with van der Waals surface area (Å²) >= 11 is 0. The summed E-state index contributed by atoms with van der Waals surface area (Å²) in [7, 11) is 0. The summed E-state index contributed by atoms with van der Waals surface area (Å²) < 4.78 is 17.6. The quantitative estimate of drug-likeness (QED) is 0.348. The van der Waals surface area contributed by atoms with Crippen LogP contribution < -0.4 is 14.8 Å². The predicted molar refractivity (Wildman–Crippen MR) is 136 cm³/mol. The second-order valence-electron chi connectivity index (χ2n) is 9.39. The van der Waals surface area contributed by atoms with E-state index in [0.717, 1.165) is 77.1 Å². The second-order valence-corrected chi connectivity index (χ2v) is 9.39. The lowest BCUT2D eigenvalue weighted by Gasteiger charge is -2.17. The molecule has 1 atom stereocenters. The van der Waals surface area contributed by atoms with Crippen LogP contribution in [0.4, 0.5) is 5.69 Å². The number of carboxylic acid groups (broad SMARTS) is 1. The number of nitrogens with one attached hydrogen (secondary N) is 1. The number of aliphatic carboxylic acids is 1. The standard InChI is InChI=1S/C29H28N2O5/c32-29(33)16-23(19-4-3-18-9-12-35-27(18)14-19)24-17-36-28-15-21(6-7-22(24)28)34-13-10-20-5-8-25-26(31-20)2-1-11-30-25/h3-8,14-15,17,23,30H,1-2,9-13,16H2,(H,32,33). The minimum absolute atomic E-state index is 0.0328. The summed E-state index contributed by atoms with van der Waals surface area (Å²) in [5, 5.41) is 13.9. The Morgan fingerprint density at radius 1 is 1.14 bits per heavy atom. The highest BCUT2D eigenvalue weighted by molar-refractivity contribution is 5.84. The van der Waals surface area contributed by atoms with Crippen molar-refractivity contribution < 1.29 is 23.8 Å². The number of carbonyl (C=O) groups is 1. The van der Waals surface area contributed by atoms with Crippen LogP contribution in [0.5, 0.6) is 11.5 Å². The van der Waals surface area contributed by atoms with Gasteiger partial charge in [0.1, 0.15) is 17.1 Å². The summed E-state index contributed by atoms with van der Waals surface area (Å²) in [6, 6.07) is 15.9. The lowest BCUT2D eigenvalue weighted by Crippen LogP contribution is -2.14. The summed E-state index contributed by atoms with van der Waals surface area (Å²) in [6.45, 7) is 2.18. The average molecular weight is 485 g/mol. The van der Waals surface area contributed by atoms with Crippen molar-refractivity contribution in [2.24, 2.45) is 0 Å². The number of ether oxygens (including phenoxy) is 2. The van der Waals surface area contributed by atoms with Gasteiger partial charge >= 0.3 is 5.97 Å². The fraction of sp³-hybridized carbons (Fsp3) is 0.310. The number of nitrogens with zero attached hydrogens (tertiary/aromatic N) is 1. The molecule has 2 aliphatic rings. The van der Waals surface area contributed by atoms with Crippen molar-refractivity contribution in [1.82, 2.24) is 4.98 Å². The zero-order valence-electron chi connectivity index (χ0n) is 20.0. The normalized spacial score (nSPS) is 15.0. The van der Waals surface area contributed by atoms with E-state index in [4.69, 9.17) is 18.9 Å². The molecule has 4 aromatic rings. The van der Waals surface area contributed by atoms with Crippen molar-refractivity contribution in [2.45, 2.75) is 38.0 Å².